The molecule has 4 rings (SSSR count). The van der Waals surface area contributed by atoms with E-state index in [4.69, 9.17) is 5.73 Å². The van der Waals surface area contributed by atoms with E-state index in [9.17, 15) is 18.0 Å². The third-order valence-electron chi connectivity index (χ3n) is 5.79. The van der Waals surface area contributed by atoms with Crippen molar-refractivity contribution >= 4 is 17.5 Å². The fourth-order valence-corrected chi connectivity index (χ4v) is 3.73. The maximum atomic E-state index is 12.9. The second-order valence-corrected chi connectivity index (χ2v) is 8.27. The van der Waals surface area contributed by atoms with E-state index in [-0.39, 0.29) is 23.9 Å². The van der Waals surface area contributed by atoms with Gasteiger partial charge in [-0.1, -0.05) is 19.9 Å². The Morgan fingerprint density at radius 3 is 2.54 bits per heavy atom. The Morgan fingerprint density at radius 2 is 1.91 bits per heavy atom. The van der Waals surface area contributed by atoms with Gasteiger partial charge < -0.3 is 11.1 Å². The summed E-state index contributed by atoms with van der Waals surface area (Å²) in [4.78, 5) is 20.7. The van der Waals surface area contributed by atoms with E-state index in [0.29, 0.717) is 34.3 Å². The number of hydrogen-bond donors (Lipinski definition) is 2. The molecule has 0 spiro atoms. The summed E-state index contributed by atoms with van der Waals surface area (Å²) in [6.07, 6.45) is 3.15. The van der Waals surface area contributed by atoms with Gasteiger partial charge in [0.05, 0.1) is 17.8 Å². The van der Waals surface area contributed by atoms with Crippen molar-refractivity contribution in [1.82, 2.24) is 34.7 Å². The second kappa shape index (κ2) is 9.35. The predicted octanol–water partition coefficient (Wildman–Crippen LogP) is 4.12. The van der Waals surface area contributed by atoms with Crippen molar-refractivity contribution in [2.75, 3.05) is 5.73 Å². The summed E-state index contributed by atoms with van der Waals surface area (Å²) in [5, 5.41) is 11.5. The highest BCUT2D eigenvalue weighted by atomic mass is 19.4. The summed E-state index contributed by atoms with van der Waals surface area (Å²) >= 11 is 0. The Kier molecular flexibility index (Phi) is 6.46. The standard InChI is InChI=1S/C23H25F3N8O/c1-4-13(3)30-21(35)17-8-15(11-34-20(17)31-22(27)32-34)16-10-29-33(12-16)18(5-2)14-6-7-19(28-9-14)23(24,25)26/h6-13,18H,4-5H2,1-3H3,(H2,27,32)(H,30,35)/t13?,18-/m1/s1. The zero-order valence-corrected chi connectivity index (χ0v) is 19.4. The lowest BCUT2D eigenvalue weighted by atomic mass is 10.1. The van der Waals surface area contributed by atoms with Crippen LogP contribution >= 0.6 is 0 Å². The highest BCUT2D eigenvalue weighted by molar-refractivity contribution is 6.01. The van der Waals surface area contributed by atoms with E-state index in [0.717, 1.165) is 12.5 Å². The Morgan fingerprint density at radius 1 is 1.14 bits per heavy atom. The monoisotopic (exact) mass is 486 g/mol. The minimum Gasteiger partial charge on any atom is -0.366 e. The van der Waals surface area contributed by atoms with E-state index in [2.05, 4.69) is 25.5 Å². The third-order valence-corrected chi connectivity index (χ3v) is 5.79. The Bertz CT molecular complexity index is 1340. The fourth-order valence-electron chi connectivity index (χ4n) is 3.73. The molecule has 1 unspecified atom stereocenters. The number of carbonyl (C=O) groups excluding carboxylic acids is 1. The largest absolute Gasteiger partial charge is 0.433 e. The lowest BCUT2D eigenvalue weighted by Crippen LogP contribution is -2.32. The van der Waals surface area contributed by atoms with Crippen molar-refractivity contribution in [2.24, 2.45) is 0 Å². The molecule has 3 N–H and O–H groups in total. The normalized spacial score (nSPS) is 13.7. The Hall–Kier alpha value is -3.96. The van der Waals surface area contributed by atoms with Crippen LogP contribution in [0.15, 0.2) is 43.0 Å². The van der Waals surface area contributed by atoms with Crippen molar-refractivity contribution in [3.05, 3.63) is 59.8 Å². The molecule has 0 radical (unpaired) electrons. The van der Waals surface area contributed by atoms with Crippen molar-refractivity contribution < 1.29 is 18.0 Å². The van der Waals surface area contributed by atoms with Gasteiger partial charge in [0.2, 0.25) is 5.95 Å². The van der Waals surface area contributed by atoms with Gasteiger partial charge in [-0.05, 0) is 37.5 Å². The summed E-state index contributed by atoms with van der Waals surface area (Å²) < 4.78 is 41.8. The van der Waals surface area contributed by atoms with Crippen molar-refractivity contribution in [1.29, 1.82) is 0 Å². The van der Waals surface area contributed by atoms with Gasteiger partial charge in [0.1, 0.15) is 5.69 Å². The summed E-state index contributed by atoms with van der Waals surface area (Å²) in [5.41, 5.74) is 7.43. The van der Waals surface area contributed by atoms with Crippen molar-refractivity contribution in [3.8, 4) is 11.1 Å². The van der Waals surface area contributed by atoms with Gasteiger partial charge in [-0.15, -0.1) is 5.10 Å². The summed E-state index contributed by atoms with van der Waals surface area (Å²) in [5.74, 6) is -0.260. The number of rotatable bonds is 7. The molecule has 4 heterocycles. The van der Waals surface area contributed by atoms with Gasteiger partial charge in [-0.2, -0.15) is 23.3 Å². The molecule has 0 bridgehead atoms. The lowest BCUT2D eigenvalue weighted by Gasteiger charge is -2.16. The molecular weight excluding hydrogens is 461 g/mol. The SMILES string of the molecule is CCC(C)NC(=O)c1cc(-c2cnn([C@H](CC)c3ccc(C(F)(F)F)nc3)c2)cn2nc(N)nc12. The van der Waals surface area contributed by atoms with Crippen LogP contribution in [0.1, 0.15) is 61.3 Å². The molecule has 0 saturated heterocycles. The lowest BCUT2D eigenvalue weighted by molar-refractivity contribution is -0.141. The molecule has 0 aliphatic rings. The molecule has 4 aromatic rings. The van der Waals surface area contributed by atoms with E-state index in [1.54, 1.807) is 29.3 Å². The molecule has 0 saturated carbocycles. The second-order valence-electron chi connectivity index (χ2n) is 8.27. The number of nitrogens with two attached hydrogens (primary N) is 1. The zero-order valence-electron chi connectivity index (χ0n) is 19.4. The van der Waals surface area contributed by atoms with Crippen LogP contribution in [0.25, 0.3) is 16.8 Å². The van der Waals surface area contributed by atoms with Crippen molar-refractivity contribution in [3.63, 3.8) is 0 Å². The van der Waals surface area contributed by atoms with Crippen LogP contribution in [0.3, 0.4) is 0 Å². The Balaban J connectivity index is 1.69. The summed E-state index contributed by atoms with van der Waals surface area (Å²) in [7, 11) is 0. The summed E-state index contributed by atoms with van der Waals surface area (Å²) in [6.45, 7) is 5.78. The molecule has 9 nitrogen and oxygen atoms in total. The molecule has 35 heavy (non-hydrogen) atoms. The quantitative estimate of drug-likeness (QED) is 0.406. The van der Waals surface area contributed by atoms with Gasteiger partial charge in [0.25, 0.3) is 5.91 Å². The number of fused-ring (bicyclic) bond motifs is 1. The highest BCUT2D eigenvalue weighted by Gasteiger charge is 2.32. The number of anilines is 1. The average Bonchev–Trinajstić information content (AvgIpc) is 3.44. The molecule has 184 valence electrons. The van der Waals surface area contributed by atoms with Crippen LogP contribution in [0.4, 0.5) is 19.1 Å². The number of halogens is 3. The van der Waals surface area contributed by atoms with Gasteiger partial charge in [-0.3, -0.25) is 14.5 Å². The maximum absolute atomic E-state index is 12.9. The topological polar surface area (TPSA) is 116 Å². The summed E-state index contributed by atoms with van der Waals surface area (Å²) in [6, 6.07) is 3.72. The predicted molar refractivity (Wildman–Crippen MR) is 124 cm³/mol. The highest BCUT2D eigenvalue weighted by Crippen LogP contribution is 2.30. The molecule has 4 aromatic heterocycles. The smallest absolute Gasteiger partial charge is 0.366 e. The molecule has 0 fully saturated rings. The fraction of sp³-hybridized carbons (Fsp3) is 0.348. The van der Waals surface area contributed by atoms with Gasteiger partial charge >= 0.3 is 6.18 Å². The number of alkyl halides is 3. The number of aromatic nitrogens is 6. The minimum atomic E-state index is -4.50. The number of hydrogen-bond acceptors (Lipinski definition) is 6. The van der Waals surface area contributed by atoms with E-state index >= 15 is 0 Å². The average molecular weight is 487 g/mol. The van der Waals surface area contributed by atoms with Gasteiger partial charge in [-0.25, -0.2) is 4.52 Å². The van der Waals surface area contributed by atoms with E-state index < -0.39 is 11.9 Å². The molecule has 12 heteroatoms. The van der Waals surface area contributed by atoms with Crippen LogP contribution in [-0.2, 0) is 6.18 Å². The van der Waals surface area contributed by atoms with Crippen LogP contribution in [-0.4, -0.2) is 41.3 Å². The molecule has 1 amide bonds. The molecule has 0 aliphatic carbocycles. The zero-order chi connectivity index (χ0) is 25.3. The number of nitrogens with one attached hydrogen (secondary N) is 1. The molecule has 0 aromatic carbocycles. The Labute approximate surface area is 199 Å². The molecule has 2 atom stereocenters. The van der Waals surface area contributed by atoms with Gasteiger partial charge in [0.15, 0.2) is 5.65 Å². The third kappa shape index (κ3) is 4.96. The first-order chi connectivity index (χ1) is 16.6. The van der Waals surface area contributed by atoms with Crippen LogP contribution in [0, 0.1) is 0 Å². The van der Waals surface area contributed by atoms with E-state index in [1.165, 1.54) is 16.8 Å². The number of nitrogens with zero attached hydrogens (tertiary/aromatic N) is 6. The van der Waals surface area contributed by atoms with Crippen LogP contribution in [0.5, 0.6) is 0 Å². The first-order valence-electron chi connectivity index (χ1n) is 11.1. The van der Waals surface area contributed by atoms with Crippen LogP contribution in [0.2, 0.25) is 0 Å². The molecular formula is C23H25F3N8O. The maximum Gasteiger partial charge on any atom is 0.433 e. The van der Waals surface area contributed by atoms with Crippen LogP contribution < -0.4 is 11.1 Å². The van der Waals surface area contributed by atoms with E-state index in [1.807, 2.05) is 20.8 Å². The number of pyridine rings is 2. The minimum absolute atomic E-state index is 0.0307. The first-order valence-corrected chi connectivity index (χ1v) is 11.1. The number of carbonyl (C=O) groups is 1. The first kappa shape index (κ1) is 24.2. The van der Waals surface area contributed by atoms with Crippen molar-refractivity contribution in [2.45, 2.75) is 51.9 Å². The number of nitrogen functional groups attached to an aromatic ring is 1. The van der Waals surface area contributed by atoms with Gasteiger partial charge in [0, 0.05) is 35.8 Å². The number of amides is 1. The molecule has 0 aliphatic heterocycles.